The van der Waals surface area contributed by atoms with E-state index in [1.165, 1.54) is 30.3 Å². The number of ether oxygens (including phenoxy) is 1. The molecule has 1 N–H and O–H groups in total. The molecule has 0 radical (unpaired) electrons. The standard InChI is InChI=1S/C25H24ClFN6O2/c1-33(12-13-35-22-14-19(32-34)7-4-17(22)15-28)11-10-29-24-21-9-8-20(23(21)30-25(26)31-24)16-2-5-18(27)6-3-16/h2-7,14,20H,8-13H2,1H3,(H,29,30,31). The van der Waals surface area contributed by atoms with Crippen LogP contribution in [0.1, 0.15) is 34.7 Å². The lowest BCUT2D eigenvalue weighted by Crippen LogP contribution is -2.29. The number of benzene rings is 2. The summed E-state index contributed by atoms with van der Waals surface area (Å²) < 4.78 is 19.0. The second-order valence-electron chi connectivity index (χ2n) is 8.31. The molecule has 0 saturated carbocycles. The van der Waals surface area contributed by atoms with Gasteiger partial charge in [0, 0.05) is 37.2 Å². The maximum Gasteiger partial charge on any atom is 0.224 e. The molecule has 8 nitrogen and oxygen atoms in total. The topological polar surface area (TPSA) is 104 Å². The lowest BCUT2D eigenvalue weighted by molar-refractivity contribution is 0.241. The summed E-state index contributed by atoms with van der Waals surface area (Å²) in [5, 5.41) is 15.6. The second-order valence-corrected chi connectivity index (χ2v) is 8.65. The van der Waals surface area contributed by atoms with Crippen LogP contribution in [0.25, 0.3) is 0 Å². The van der Waals surface area contributed by atoms with Crippen LogP contribution in [-0.4, -0.2) is 48.2 Å². The van der Waals surface area contributed by atoms with Gasteiger partial charge in [-0.15, -0.1) is 4.91 Å². The molecule has 0 aliphatic heterocycles. The van der Waals surface area contributed by atoms with Crippen molar-refractivity contribution in [1.82, 2.24) is 14.9 Å². The van der Waals surface area contributed by atoms with E-state index in [1.807, 2.05) is 13.1 Å². The van der Waals surface area contributed by atoms with E-state index in [2.05, 4.69) is 25.4 Å². The van der Waals surface area contributed by atoms with Crippen LogP contribution >= 0.6 is 11.6 Å². The van der Waals surface area contributed by atoms with Gasteiger partial charge in [0.1, 0.15) is 35.7 Å². The molecule has 4 rings (SSSR count). The van der Waals surface area contributed by atoms with Gasteiger partial charge in [0.2, 0.25) is 5.28 Å². The molecule has 0 fully saturated rings. The highest BCUT2D eigenvalue weighted by molar-refractivity contribution is 6.28. The first-order chi connectivity index (χ1) is 17.0. The molecule has 1 aromatic heterocycles. The van der Waals surface area contributed by atoms with Gasteiger partial charge < -0.3 is 15.0 Å². The number of hydrogen-bond acceptors (Lipinski definition) is 8. The zero-order valence-corrected chi connectivity index (χ0v) is 19.9. The summed E-state index contributed by atoms with van der Waals surface area (Å²) in [7, 11) is 1.96. The van der Waals surface area contributed by atoms with Crippen LogP contribution in [0, 0.1) is 22.1 Å². The molecule has 10 heteroatoms. The largest absolute Gasteiger partial charge is 0.491 e. The number of likely N-dealkylation sites (N-methyl/N-ethyl adjacent to an activating group) is 1. The fraction of sp³-hybridized carbons (Fsp3) is 0.320. The van der Waals surface area contributed by atoms with Crippen LogP contribution in [0.15, 0.2) is 47.6 Å². The van der Waals surface area contributed by atoms with Crippen LogP contribution in [0.2, 0.25) is 5.28 Å². The number of fused-ring (bicyclic) bond motifs is 1. The Morgan fingerprint density at radius 1 is 1.26 bits per heavy atom. The van der Waals surface area contributed by atoms with Gasteiger partial charge in [0.25, 0.3) is 0 Å². The van der Waals surface area contributed by atoms with Gasteiger partial charge >= 0.3 is 0 Å². The van der Waals surface area contributed by atoms with Crippen molar-refractivity contribution in [3.05, 3.63) is 80.9 Å². The quantitative estimate of drug-likeness (QED) is 0.311. The zero-order valence-electron chi connectivity index (χ0n) is 19.2. The van der Waals surface area contributed by atoms with Crippen LogP contribution in [0.5, 0.6) is 5.75 Å². The lowest BCUT2D eigenvalue weighted by Gasteiger charge is -2.18. The summed E-state index contributed by atoms with van der Waals surface area (Å²) in [6.45, 7) is 2.30. The van der Waals surface area contributed by atoms with E-state index in [4.69, 9.17) is 16.3 Å². The molecule has 0 amide bonds. The molecular weight excluding hydrogens is 471 g/mol. The highest BCUT2D eigenvalue weighted by Gasteiger charge is 2.29. The first-order valence-electron chi connectivity index (χ1n) is 11.2. The Morgan fingerprint density at radius 2 is 2.06 bits per heavy atom. The lowest BCUT2D eigenvalue weighted by atomic mass is 9.97. The molecule has 1 aliphatic rings. The van der Waals surface area contributed by atoms with Crippen LogP contribution in [0.4, 0.5) is 15.9 Å². The van der Waals surface area contributed by atoms with E-state index in [9.17, 15) is 14.6 Å². The predicted octanol–water partition coefficient (Wildman–Crippen LogP) is 5.04. The highest BCUT2D eigenvalue weighted by Crippen LogP contribution is 2.40. The summed E-state index contributed by atoms with van der Waals surface area (Å²) in [6.07, 6.45) is 1.68. The Hall–Kier alpha value is -3.61. The van der Waals surface area contributed by atoms with E-state index >= 15 is 0 Å². The minimum Gasteiger partial charge on any atom is -0.491 e. The number of rotatable bonds is 10. The van der Waals surface area contributed by atoms with E-state index in [-0.39, 0.29) is 22.7 Å². The Morgan fingerprint density at radius 3 is 2.80 bits per heavy atom. The van der Waals surface area contributed by atoms with E-state index in [0.29, 0.717) is 37.6 Å². The molecule has 0 spiro atoms. The number of nitrogens with one attached hydrogen (secondary N) is 1. The summed E-state index contributed by atoms with van der Waals surface area (Å²) in [5.41, 5.74) is 3.52. The fourth-order valence-electron chi connectivity index (χ4n) is 4.17. The molecule has 1 atom stereocenters. The number of nitriles is 1. The van der Waals surface area contributed by atoms with Gasteiger partial charge in [0.05, 0.1) is 11.3 Å². The van der Waals surface area contributed by atoms with Gasteiger partial charge in [0.15, 0.2) is 0 Å². The zero-order chi connectivity index (χ0) is 24.8. The van der Waals surface area contributed by atoms with Crippen molar-refractivity contribution in [2.45, 2.75) is 18.8 Å². The van der Waals surface area contributed by atoms with E-state index < -0.39 is 0 Å². The SMILES string of the molecule is CN(CCNc1nc(Cl)nc2c1CCC2c1ccc(F)cc1)CCOc1cc(N=O)ccc1C#N. The van der Waals surface area contributed by atoms with Gasteiger partial charge in [-0.25, -0.2) is 14.4 Å². The van der Waals surface area contributed by atoms with Gasteiger partial charge in [-0.2, -0.15) is 5.26 Å². The van der Waals surface area contributed by atoms with Crippen molar-refractivity contribution in [2.24, 2.45) is 5.18 Å². The second kappa shape index (κ2) is 11.2. The van der Waals surface area contributed by atoms with Crippen molar-refractivity contribution >= 4 is 23.1 Å². The van der Waals surface area contributed by atoms with Crippen molar-refractivity contribution in [3.8, 4) is 11.8 Å². The number of nitrogens with zero attached hydrogens (tertiary/aromatic N) is 5. The van der Waals surface area contributed by atoms with Crippen LogP contribution < -0.4 is 10.1 Å². The summed E-state index contributed by atoms with van der Waals surface area (Å²) in [4.78, 5) is 21.7. The minimum atomic E-state index is -0.262. The van der Waals surface area contributed by atoms with Crippen molar-refractivity contribution in [3.63, 3.8) is 0 Å². The summed E-state index contributed by atoms with van der Waals surface area (Å²) in [6, 6.07) is 13.0. The Kier molecular flexibility index (Phi) is 7.85. The minimum absolute atomic E-state index is 0.0673. The Balaban J connectivity index is 1.31. The maximum atomic E-state index is 13.3. The molecule has 0 saturated heterocycles. The third-order valence-corrected chi connectivity index (χ3v) is 6.17. The van der Waals surface area contributed by atoms with Crippen molar-refractivity contribution in [2.75, 3.05) is 38.6 Å². The molecule has 1 heterocycles. The molecule has 1 aliphatic carbocycles. The predicted molar refractivity (Wildman–Crippen MR) is 132 cm³/mol. The number of nitroso groups, excluding NO2 is 1. The molecule has 180 valence electrons. The first kappa shape index (κ1) is 24.5. The van der Waals surface area contributed by atoms with Crippen molar-refractivity contribution in [1.29, 1.82) is 5.26 Å². The third-order valence-electron chi connectivity index (χ3n) is 6.00. The number of hydrogen-bond donors (Lipinski definition) is 1. The Bertz CT molecular complexity index is 1250. The summed E-state index contributed by atoms with van der Waals surface area (Å²) in [5.74, 6) is 0.878. The fourth-order valence-corrected chi connectivity index (χ4v) is 4.34. The maximum absolute atomic E-state index is 13.3. The molecular formula is C25H24ClFN6O2. The first-order valence-corrected chi connectivity index (χ1v) is 11.6. The monoisotopic (exact) mass is 494 g/mol. The summed E-state index contributed by atoms with van der Waals surface area (Å²) >= 11 is 6.22. The normalized spacial score (nSPS) is 14.4. The van der Waals surface area contributed by atoms with E-state index in [1.54, 1.807) is 12.1 Å². The Labute approximate surface area is 207 Å². The smallest absolute Gasteiger partial charge is 0.224 e. The highest BCUT2D eigenvalue weighted by atomic mass is 35.5. The van der Waals surface area contributed by atoms with Gasteiger partial charge in [-0.1, -0.05) is 12.1 Å². The van der Waals surface area contributed by atoms with Crippen molar-refractivity contribution < 1.29 is 9.13 Å². The number of halogens is 2. The molecule has 2 aromatic carbocycles. The molecule has 0 bridgehead atoms. The van der Waals surface area contributed by atoms with Gasteiger partial charge in [-0.3, -0.25) is 0 Å². The van der Waals surface area contributed by atoms with Crippen LogP contribution in [-0.2, 0) is 6.42 Å². The number of anilines is 1. The average Bonchev–Trinajstić information content (AvgIpc) is 3.28. The van der Waals surface area contributed by atoms with Gasteiger partial charge in [-0.05, 0) is 66.5 Å². The number of aromatic nitrogens is 2. The molecule has 35 heavy (non-hydrogen) atoms. The molecule has 1 unspecified atom stereocenters. The van der Waals surface area contributed by atoms with E-state index in [0.717, 1.165) is 35.5 Å². The third kappa shape index (κ3) is 5.91. The van der Waals surface area contributed by atoms with Crippen LogP contribution in [0.3, 0.4) is 0 Å². The molecule has 3 aromatic rings. The average molecular weight is 495 g/mol.